The molecule has 0 bridgehead atoms. The van der Waals surface area contributed by atoms with Gasteiger partial charge in [-0.2, -0.15) is 24.2 Å². The van der Waals surface area contributed by atoms with Gasteiger partial charge in [0.1, 0.15) is 11.9 Å². The fourth-order valence-corrected chi connectivity index (χ4v) is 4.28. The van der Waals surface area contributed by atoms with Crippen molar-refractivity contribution < 1.29 is 13.6 Å². The van der Waals surface area contributed by atoms with Crippen LogP contribution in [0.15, 0.2) is 61.6 Å². The van der Waals surface area contributed by atoms with Crippen molar-refractivity contribution in [3.63, 3.8) is 0 Å². The number of hydrogen-bond acceptors (Lipinski definition) is 6. The number of pyridine rings is 2. The lowest BCUT2D eigenvalue weighted by molar-refractivity contribution is -0.129. The number of hydrogen-bond donors (Lipinski definition) is 0. The van der Waals surface area contributed by atoms with Crippen molar-refractivity contribution in [3.8, 4) is 28.3 Å². The Hall–Kier alpha value is -4.59. The van der Waals surface area contributed by atoms with Crippen LogP contribution in [0.3, 0.4) is 0 Å². The number of nitrogens with zero attached hydrogens (tertiary/aromatic N) is 8. The second-order valence-electron chi connectivity index (χ2n) is 9.17. The molecule has 0 saturated heterocycles. The van der Waals surface area contributed by atoms with Crippen LogP contribution in [0.2, 0.25) is 0 Å². The van der Waals surface area contributed by atoms with Gasteiger partial charge in [-0.1, -0.05) is 13.8 Å². The number of carbonyl (C=O) groups is 1. The van der Waals surface area contributed by atoms with Gasteiger partial charge < -0.3 is 9.80 Å². The molecule has 0 unspecified atom stereocenters. The SMILES string of the molecule is CC(C)CC(=O)N1C=CN(c2ccc(-c3cc(-c4cnn(C(F)F)c4)cn4ncc(C#N)c34)cn2)CC1. The summed E-state index contributed by atoms with van der Waals surface area (Å²) in [6.07, 6.45) is 11.6. The second kappa shape index (κ2) is 9.81. The highest BCUT2D eigenvalue weighted by molar-refractivity contribution is 5.87. The third-order valence-electron chi connectivity index (χ3n) is 6.13. The fourth-order valence-electron chi connectivity index (χ4n) is 4.28. The standard InChI is InChI=1S/C26H24F2N8O/c1-17(2)9-24(37)34-7-5-33(6-8-34)23-4-3-18(12-30-23)22-10-19(21-14-32-36(16-21)26(27)28)15-35-25(22)20(11-29)13-31-35/h3-5,7,10,12-17,26H,6,8-9H2,1-2H3. The number of carbonyl (C=O) groups excluding carboxylic acids is 1. The second-order valence-corrected chi connectivity index (χ2v) is 9.17. The summed E-state index contributed by atoms with van der Waals surface area (Å²) in [6.45, 7) is 2.48. The number of rotatable bonds is 6. The largest absolute Gasteiger partial charge is 0.333 e. The molecule has 0 saturated carbocycles. The third-order valence-corrected chi connectivity index (χ3v) is 6.13. The summed E-state index contributed by atoms with van der Waals surface area (Å²) < 4.78 is 28.3. The molecule has 0 aliphatic carbocycles. The summed E-state index contributed by atoms with van der Waals surface area (Å²) >= 11 is 0. The summed E-state index contributed by atoms with van der Waals surface area (Å²) in [7, 11) is 0. The van der Waals surface area contributed by atoms with E-state index in [2.05, 4.69) is 21.3 Å². The average Bonchev–Trinajstić information content (AvgIpc) is 3.56. The molecule has 5 heterocycles. The van der Waals surface area contributed by atoms with Crippen LogP contribution in [0.5, 0.6) is 0 Å². The van der Waals surface area contributed by atoms with Crippen molar-refractivity contribution in [1.82, 2.24) is 29.3 Å². The normalized spacial score (nSPS) is 13.6. The van der Waals surface area contributed by atoms with E-state index in [1.807, 2.05) is 43.1 Å². The zero-order chi connectivity index (χ0) is 26.1. The summed E-state index contributed by atoms with van der Waals surface area (Å²) in [6, 6.07) is 7.74. The zero-order valence-corrected chi connectivity index (χ0v) is 20.3. The lowest BCUT2D eigenvalue weighted by Crippen LogP contribution is -2.38. The number of anilines is 1. The van der Waals surface area contributed by atoms with E-state index in [1.54, 1.807) is 28.0 Å². The molecule has 9 nitrogen and oxygen atoms in total. The predicted octanol–water partition coefficient (Wildman–Crippen LogP) is 4.69. The quantitative estimate of drug-likeness (QED) is 0.380. The molecule has 0 fully saturated rings. The van der Waals surface area contributed by atoms with Crippen molar-refractivity contribution in [2.24, 2.45) is 5.92 Å². The van der Waals surface area contributed by atoms with E-state index < -0.39 is 6.55 Å². The highest BCUT2D eigenvalue weighted by atomic mass is 19.3. The van der Waals surface area contributed by atoms with Gasteiger partial charge in [0.2, 0.25) is 5.91 Å². The van der Waals surface area contributed by atoms with Gasteiger partial charge in [0.15, 0.2) is 0 Å². The molecule has 0 aromatic carbocycles. The fraction of sp³-hybridized carbons (Fsp3) is 0.269. The number of halogens is 2. The molecule has 11 heteroatoms. The van der Waals surface area contributed by atoms with Crippen LogP contribution in [0.1, 0.15) is 32.4 Å². The summed E-state index contributed by atoms with van der Waals surface area (Å²) in [4.78, 5) is 20.6. The first-order chi connectivity index (χ1) is 17.8. The molecule has 0 N–H and O–H groups in total. The minimum absolute atomic E-state index is 0.103. The maximum Gasteiger partial charge on any atom is 0.333 e. The van der Waals surface area contributed by atoms with E-state index >= 15 is 0 Å². The van der Waals surface area contributed by atoms with Crippen LogP contribution >= 0.6 is 0 Å². The van der Waals surface area contributed by atoms with Crippen LogP contribution < -0.4 is 4.90 Å². The lowest BCUT2D eigenvalue weighted by Gasteiger charge is -2.30. The molecule has 1 aliphatic heterocycles. The molecule has 1 aliphatic rings. The molecular weight excluding hydrogens is 478 g/mol. The van der Waals surface area contributed by atoms with Gasteiger partial charge in [-0.15, -0.1) is 0 Å². The maximum atomic E-state index is 13.1. The smallest absolute Gasteiger partial charge is 0.330 e. The maximum absolute atomic E-state index is 13.1. The van der Waals surface area contributed by atoms with Crippen molar-refractivity contribution in [3.05, 3.63) is 67.1 Å². The molecule has 37 heavy (non-hydrogen) atoms. The number of alkyl halides is 2. The number of nitriles is 1. The molecule has 0 atom stereocenters. The van der Waals surface area contributed by atoms with Crippen molar-refractivity contribution in [2.45, 2.75) is 26.8 Å². The Morgan fingerprint density at radius 2 is 1.89 bits per heavy atom. The minimum Gasteiger partial charge on any atom is -0.330 e. The molecule has 1 amide bonds. The van der Waals surface area contributed by atoms with Crippen LogP contribution in [0.25, 0.3) is 27.8 Å². The number of amides is 1. The Kier molecular flexibility index (Phi) is 6.40. The Balaban J connectivity index is 1.46. The van der Waals surface area contributed by atoms with Crippen molar-refractivity contribution in [1.29, 1.82) is 5.26 Å². The van der Waals surface area contributed by atoms with Crippen molar-refractivity contribution in [2.75, 3.05) is 18.0 Å². The van der Waals surface area contributed by atoms with Gasteiger partial charge in [-0.3, -0.25) is 4.79 Å². The molecule has 188 valence electrons. The molecule has 4 aromatic heterocycles. The van der Waals surface area contributed by atoms with Gasteiger partial charge in [-0.05, 0) is 24.1 Å². The van der Waals surface area contributed by atoms with E-state index in [0.29, 0.717) is 57.9 Å². The van der Waals surface area contributed by atoms with E-state index in [1.165, 1.54) is 18.6 Å². The van der Waals surface area contributed by atoms with Gasteiger partial charge >= 0.3 is 6.55 Å². The first-order valence-electron chi connectivity index (χ1n) is 11.8. The van der Waals surface area contributed by atoms with Crippen LogP contribution in [0, 0.1) is 17.2 Å². The summed E-state index contributed by atoms with van der Waals surface area (Å²) in [5.74, 6) is 1.12. The van der Waals surface area contributed by atoms with Crippen LogP contribution in [-0.2, 0) is 4.79 Å². The van der Waals surface area contributed by atoms with Gasteiger partial charge in [0.05, 0.1) is 23.5 Å². The van der Waals surface area contributed by atoms with Crippen LogP contribution in [-0.4, -0.2) is 48.3 Å². The minimum atomic E-state index is -2.74. The molecule has 5 rings (SSSR count). The first kappa shape index (κ1) is 24.1. The zero-order valence-electron chi connectivity index (χ0n) is 20.3. The number of aromatic nitrogens is 5. The van der Waals surface area contributed by atoms with Gasteiger partial charge in [0.25, 0.3) is 0 Å². The Morgan fingerprint density at radius 3 is 2.51 bits per heavy atom. The van der Waals surface area contributed by atoms with E-state index in [-0.39, 0.29) is 5.91 Å². The lowest BCUT2D eigenvalue weighted by atomic mass is 10.0. The van der Waals surface area contributed by atoms with E-state index in [4.69, 9.17) is 0 Å². The Morgan fingerprint density at radius 1 is 1.05 bits per heavy atom. The highest BCUT2D eigenvalue weighted by Crippen LogP contribution is 2.32. The van der Waals surface area contributed by atoms with Crippen molar-refractivity contribution >= 4 is 17.2 Å². The number of fused-ring (bicyclic) bond motifs is 1. The first-order valence-corrected chi connectivity index (χ1v) is 11.8. The highest BCUT2D eigenvalue weighted by Gasteiger charge is 2.20. The molecule has 0 radical (unpaired) electrons. The third kappa shape index (κ3) is 4.78. The summed E-state index contributed by atoms with van der Waals surface area (Å²) in [5.41, 5.74) is 3.53. The predicted molar refractivity (Wildman–Crippen MR) is 133 cm³/mol. The monoisotopic (exact) mass is 502 g/mol. The van der Waals surface area contributed by atoms with Crippen LogP contribution in [0.4, 0.5) is 14.6 Å². The van der Waals surface area contributed by atoms with Gasteiger partial charge in [0, 0.05) is 72.8 Å². The average molecular weight is 503 g/mol. The molecular formula is C26H24F2N8O. The molecule has 0 spiro atoms. The summed E-state index contributed by atoms with van der Waals surface area (Å²) in [5, 5.41) is 17.6. The van der Waals surface area contributed by atoms with E-state index in [0.717, 1.165) is 11.4 Å². The van der Waals surface area contributed by atoms with E-state index in [9.17, 15) is 18.8 Å². The Bertz CT molecular complexity index is 1510. The molecule has 4 aromatic rings. The Labute approximate surface area is 211 Å². The topological polar surface area (TPSA) is 95.4 Å². The van der Waals surface area contributed by atoms with Gasteiger partial charge in [-0.25, -0.2) is 14.2 Å².